The van der Waals surface area contributed by atoms with E-state index in [0.717, 1.165) is 10.0 Å². The lowest BCUT2D eigenvalue weighted by Gasteiger charge is -2.35. The second-order valence-electron chi connectivity index (χ2n) is 9.51. The maximum Gasteiger partial charge on any atom is 0.238 e. The molecule has 0 bridgehead atoms. The van der Waals surface area contributed by atoms with Gasteiger partial charge >= 0.3 is 0 Å². The largest absolute Gasteiger partial charge is 0.367 e. The first kappa shape index (κ1) is 27.4. The quantitative estimate of drug-likeness (QED) is 0.217. The molecule has 0 spiro atoms. The third kappa shape index (κ3) is 7.28. The Bertz CT molecular complexity index is 1500. The van der Waals surface area contributed by atoms with Crippen molar-refractivity contribution in [1.82, 2.24) is 19.9 Å². The van der Waals surface area contributed by atoms with E-state index in [1.165, 1.54) is 12.1 Å². The standard InChI is InChI=1S/C30H28BrFN6O2/c31-24-9-5-22(6-10-24)19-38-20-26(34-35-38)13-14-29(39)23-7-11-25(12-8-23)33-30(40)21-36-15-17-37(18-16-36)28-4-2-1-3-27(28)32/h1-14,20H,15-19,21H2,(H,33,40)/b14-13+. The second kappa shape index (κ2) is 12.8. The number of hydrogen-bond acceptors (Lipinski definition) is 6. The number of piperazine rings is 1. The molecular weight excluding hydrogens is 575 g/mol. The van der Waals surface area contributed by atoms with Crippen LogP contribution >= 0.6 is 15.9 Å². The van der Waals surface area contributed by atoms with Gasteiger partial charge in [0.25, 0.3) is 0 Å². The Morgan fingerprint density at radius 3 is 2.40 bits per heavy atom. The van der Waals surface area contributed by atoms with Crippen LogP contribution in [0, 0.1) is 5.82 Å². The van der Waals surface area contributed by atoms with Crippen molar-refractivity contribution >= 4 is 45.1 Å². The van der Waals surface area contributed by atoms with Gasteiger partial charge in [0, 0.05) is 41.9 Å². The zero-order valence-electron chi connectivity index (χ0n) is 21.7. The van der Waals surface area contributed by atoms with Crippen LogP contribution in [-0.4, -0.2) is 64.3 Å². The first-order valence-corrected chi connectivity index (χ1v) is 13.7. The lowest BCUT2D eigenvalue weighted by atomic mass is 10.1. The van der Waals surface area contributed by atoms with Crippen molar-refractivity contribution in [2.45, 2.75) is 6.54 Å². The monoisotopic (exact) mass is 602 g/mol. The number of nitrogens with one attached hydrogen (secondary N) is 1. The van der Waals surface area contributed by atoms with Crippen molar-refractivity contribution in [1.29, 1.82) is 0 Å². The number of amides is 1. The summed E-state index contributed by atoms with van der Waals surface area (Å²) in [6.07, 6.45) is 4.88. The number of para-hydroxylation sites is 1. The predicted molar refractivity (Wildman–Crippen MR) is 157 cm³/mol. The molecule has 8 nitrogen and oxygen atoms in total. The van der Waals surface area contributed by atoms with Gasteiger partial charge in [-0.05, 0) is 66.2 Å². The number of aromatic nitrogens is 3. The molecule has 204 valence electrons. The number of nitrogens with zero attached hydrogens (tertiary/aromatic N) is 5. The number of rotatable bonds is 9. The first-order valence-electron chi connectivity index (χ1n) is 12.9. The van der Waals surface area contributed by atoms with Gasteiger partial charge in [-0.2, -0.15) is 0 Å². The zero-order chi connectivity index (χ0) is 27.9. The topological polar surface area (TPSA) is 83.4 Å². The molecular formula is C30H28BrFN6O2. The molecule has 40 heavy (non-hydrogen) atoms. The lowest BCUT2D eigenvalue weighted by molar-refractivity contribution is -0.117. The van der Waals surface area contributed by atoms with Crippen LogP contribution in [0.4, 0.5) is 15.8 Å². The van der Waals surface area contributed by atoms with Crippen molar-refractivity contribution in [2.75, 3.05) is 42.9 Å². The van der Waals surface area contributed by atoms with E-state index < -0.39 is 0 Å². The molecule has 0 atom stereocenters. The number of anilines is 2. The van der Waals surface area contributed by atoms with Gasteiger partial charge in [-0.15, -0.1) is 5.10 Å². The van der Waals surface area contributed by atoms with E-state index in [9.17, 15) is 14.0 Å². The number of halogens is 2. The van der Waals surface area contributed by atoms with Gasteiger partial charge < -0.3 is 10.2 Å². The highest BCUT2D eigenvalue weighted by atomic mass is 79.9. The molecule has 1 N–H and O–H groups in total. The number of carbonyl (C=O) groups excluding carboxylic acids is 2. The molecule has 5 rings (SSSR count). The van der Waals surface area contributed by atoms with Gasteiger partial charge in [-0.25, -0.2) is 9.07 Å². The number of benzene rings is 3. The maximum atomic E-state index is 14.0. The van der Waals surface area contributed by atoms with Gasteiger partial charge in [0.15, 0.2) is 5.78 Å². The Balaban J connectivity index is 1.08. The molecule has 0 radical (unpaired) electrons. The molecule has 1 amide bonds. The average molecular weight is 603 g/mol. The van der Waals surface area contributed by atoms with Gasteiger partial charge in [0.1, 0.15) is 11.5 Å². The van der Waals surface area contributed by atoms with Gasteiger partial charge in [0.05, 0.1) is 25.0 Å². The van der Waals surface area contributed by atoms with E-state index in [1.807, 2.05) is 40.1 Å². The third-order valence-electron chi connectivity index (χ3n) is 6.61. The number of carbonyl (C=O) groups is 2. The first-order chi connectivity index (χ1) is 19.4. The Morgan fingerprint density at radius 1 is 0.950 bits per heavy atom. The smallest absolute Gasteiger partial charge is 0.238 e. The molecule has 2 heterocycles. The van der Waals surface area contributed by atoms with Crippen molar-refractivity contribution < 1.29 is 14.0 Å². The summed E-state index contributed by atoms with van der Waals surface area (Å²) in [6.45, 7) is 3.47. The molecule has 0 unspecified atom stereocenters. The molecule has 1 aromatic heterocycles. The summed E-state index contributed by atoms with van der Waals surface area (Å²) >= 11 is 3.42. The summed E-state index contributed by atoms with van der Waals surface area (Å²) in [6, 6.07) is 21.5. The Hall–Kier alpha value is -4.15. The van der Waals surface area contributed by atoms with Crippen LogP contribution in [0.5, 0.6) is 0 Å². The summed E-state index contributed by atoms with van der Waals surface area (Å²) in [5.41, 5.74) is 3.39. The van der Waals surface area contributed by atoms with Crippen LogP contribution in [0.25, 0.3) is 6.08 Å². The second-order valence-corrected chi connectivity index (χ2v) is 10.4. The summed E-state index contributed by atoms with van der Waals surface area (Å²) in [7, 11) is 0. The summed E-state index contributed by atoms with van der Waals surface area (Å²) in [5.74, 6) is -0.538. The highest BCUT2D eigenvalue weighted by molar-refractivity contribution is 9.10. The fourth-order valence-corrected chi connectivity index (χ4v) is 4.74. The number of allylic oxidation sites excluding steroid dienone is 1. The van der Waals surface area contributed by atoms with Gasteiger partial charge in [0.2, 0.25) is 5.91 Å². The minimum absolute atomic E-state index is 0.135. The van der Waals surface area contributed by atoms with E-state index >= 15 is 0 Å². The minimum Gasteiger partial charge on any atom is -0.367 e. The molecule has 10 heteroatoms. The van der Waals surface area contributed by atoms with Gasteiger partial charge in [-0.3, -0.25) is 14.5 Å². The molecule has 1 saturated heterocycles. The van der Waals surface area contributed by atoms with Crippen molar-refractivity contribution in [3.8, 4) is 0 Å². The summed E-state index contributed by atoms with van der Waals surface area (Å²) < 4.78 is 16.8. The SMILES string of the molecule is O=C(CN1CCN(c2ccccc2F)CC1)Nc1ccc(C(=O)/C=C/c2cn(Cc3ccc(Br)cc3)nn2)cc1. The van der Waals surface area contributed by atoms with Crippen molar-refractivity contribution in [2.24, 2.45) is 0 Å². The van der Waals surface area contributed by atoms with Crippen LogP contribution in [0.2, 0.25) is 0 Å². The third-order valence-corrected chi connectivity index (χ3v) is 7.13. The number of ketones is 1. The van der Waals surface area contributed by atoms with E-state index in [-0.39, 0.29) is 24.1 Å². The molecule has 0 saturated carbocycles. The van der Waals surface area contributed by atoms with Crippen molar-refractivity contribution in [3.63, 3.8) is 0 Å². The highest BCUT2D eigenvalue weighted by Gasteiger charge is 2.21. The number of hydrogen-bond donors (Lipinski definition) is 1. The Labute approximate surface area is 240 Å². The average Bonchev–Trinajstić information content (AvgIpc) is 3.41. The van der Waals surface area contributed by atoms with E-state index in [4.69, 9.17) is 0 Å². The zero-order valence-corrected chi connectivity index (χ0v) is 23.3. The van der Waals surface area contributed by atoms with Gasteiger partial charge in [-0.1, -0.05) is 45.4 Å². The van der Waals surface area contributed by atoms with E-state index in [0.29, 0.717) is 55.4 Å². The summed E-state index contributed by atoms with van der Waals surface area (Å²) in [5, 5.41) is 11.1. The fourth-order valence-electron chi connectivity index (χ4n) is 4.48. The molecule has 1 aliphatic rings. The van der Waals surface area contributed by atoms with Crippen LogP contribution < -0.4 is 10.2 Å². The minimum atomic E-state index is -0.230. The fraction of sp³-hybridized carbons (Fsp3) is 0.200. The van der Waals surface area contributed by atoms with E-state index in [1.54, 1.807) is 53.4 Å². The highest BCUT2D eigenvalue weighted by Crippen LogP contribution is 2.20. The molecule has 3 aromatic carbocycles. The van der Waals surface area contributed by atoms with Crippen LogP contribution in [0.15, 0.2) is 89.5 Å². The van der Waals surface area contributed by atoms with E-state index in [2.05, 4.69) is 31.6 Å². The summed E-state index contributed by atoms with van der Waals surface area (Å²) in [4.78, 5) is 29.2. The normalized spacial score (nSPS) is 14.0. The maximum absolute atomic E-state index is 14.0. The van der Waals surface area contributed by atoms with Crippen LogP contribution in [-0.2, 0) is 11.3 Å². The van der Waals surface area contributed by atoms with Crippen LogP contribution in [0.3, 0.4) is 0 Å². The molecule has 4 aromatic rings. The van der Waals surface area contributed by atoms with Crippen LogP contribution in [0.1, 0.15) is 21.6 Å². The molecule has 0 aliphatic carbocycles. The van der Waals surface area contributed by atoms with Crippen molar-refractivity contribution in [3.05, 3.63) is 112 Å². The Kier molecular flexibility index (Phi) is 8.78. The lowest BCUT2D eigenvalue weighted by Crippen LogP contribution is -2.48. The molecule has 1 fully saturated rings. The predicted octanol–water partition coefficient (Wildman–Crippen LogP) is 4.88. The molecule has 1 aliphatic heterocycles. The Morgan fingerprint density at radius 2 is 1.68 bits per heavy atom.